The van der Waals surface area contributed by atoms with E-state index >= 15 is 0 Å². The molecule has 1 N–H and O–H groups in total. The van der Waals surface area contributed by atoms with Crippen molar-refractivity contribution in [1.29, 1.82) is 0 Å². The van der Waals surface area contributed by atoms with Gasteiger partial charge in [-0.05, 0) is 49.2 Å². The number of urea groups is 1. The summed E-state index contributed by atoms with van der Waals surface area (Å²) in [6.45, 7) is 5.78. The minimum atomic E-state index is -1.31. The third-order valence-corrected chi connectivity index (χ3v) is 6.80. The number of hydrogen-bond donors (Lipinski definition) is 1. The summed E-state index contributed by atoms with van der Waals surface area (Å²) in [6, 6.07) is 12.4. The summed E-state index contributed by atoms with van der Waals surface area (Å²) in [4.78, 5) is 43.5. The van der Waals surface area contributed by atoms with E-state index in [1.54, 1.807) is 30.0 Å². The molecule has 168 valence electrons. The van der Waals surface area contributed by atoms with Crippen LogP contribution in [0.15, 0.2) is 42.5 Å². The van der Waals surface area contributed by atoms with Crippen molar-refractivity contribution in [2.75, 3.05) is 37.6 Å². The molecule has 4 rings (SSSR count). The van der Waals surface area contributed by atoms with Gasteiger partial charge in [0.15, 0.2) is 0 Å². The minimum absolute atomic E-state index is 0.254. The first-order valence-electron chi connectivity index (χ1n) is 10.4. The van der Waals surface area contributed by atoms with Crippen molar-refractivity contribution in [3.8, 4) is 0 Å². The summed E-state index contributed by atoms with van der Waals surface area (Å²) in [5.41, 5.74) is 1.51. The topological polar surface area (TPSA) is 73.0 Å². The number of amides is 4. The third kappa shape index (κ3) is 4.14. The second-order valence-electron chi connectivity index (χ2n) is 8.28. The highest BCUT2D eigenvalue weighted by atomic mass is 35.5. The first-order chi connectivity index (χ1) is 15.2. The van der Waals surface area contributed by atoms with Gasteiger partial charge in [0.05, 0.1) is 10.0 Å². The number of nitrogens with zero attached hydrogens (tertiary/aromatic N) is 3. The van der Waals surface area contributed by atoms with Gasteiger partial charge in [-0.25, -0.2) is 4.79 Å². The highest BCUT2D eigenvalue weighted by Gasteiger charge is 2.50. The fourth-order valence-electron chi connectivity index (χ4n) is 4.12. The summed E-state index contributed by atoms with van der Waals surface area (Å²) in [7, 11) is 0. The summed E-state index contributed by atoms with van der Waals surface area (Å²) in [5.74, 6) is -0.747. The predicted molar refractivity (Wildman–Crippen MR) is 124 cm³/mol. The number of piperazine rings is 1. The first-order valence-corrected chi connectivity index (χ1v) is 11.1. The van der Waals surface area contributed by atoms with Crippen LogP contribution in [0, 0.1) is 6.92 Å². The van der Waals surface area contributed by atoms with Crippen molar-refractivity contribution in [1.82, 2.24) is 15.1 Å². The van der Waals surface area contributed by atoms with Crippen LogP contribution in [0.25, 0.3) is 0 Å². The average Bonchev–Trinajstić information content (AvgIpc) is 2.99. The number of hydrogen-bond acceptors (Lipinski definition) is 4. The molecule has 4 amide bonds. The van der Waals surface area contributed by atoms with E-state index < -0.39 is 17.5 Å². The summed E-state index contributed by atoms with van der Waals surface area (Å²) in [6.07, 6.45) is 0. The van der Waals surface area contributed by atoms with E-state index in [4.69, 9.17) is 23.2 Å². The molecule has 2 fully saturated rings. The van der Waals surface area contributed by atoms with E-state index in [1.807, 2.05) is 19.1 Å². The lowest BCUT2D eigenvalue weighted by molar-refractivity contribution is -0.139. The molecule has 2 aliphatic rings. The SMILES string of the molecule is Cc1cccc(N2CCN(C(=O)CN3C(=O)NC(C)(c4ccc(Cl)c(Cl)c4)C3=O)CC2)c1. The highest BCUT2D eigenvalue weighted by Crippen LogP contribution is 2.33. The average molecular weight is 475 g/mol. The maximum atomic E-state index is 13.1. The summed E-state index contributed by atoms with van der Waals surface area (Å²) >= 11 is 12.1. The fourth-order valence-corrected chi connectivity index (χ4v) is 4.42. The second-order valence-corrected chi connectivity index (χ2v) is 9.10. The van der Waals surface area contributed by atoms with Crippen LogP contribution in [0.4, 0.5) is 10.5 Å². The Hall–Kier alpha value is -2.77. The molecule has 1 unspecified atom stereocenters. The van der Waals surface area contributed by atoms with Crippen molar-refractivity contribution < 1.29 is 14.4 Å². The largest absolute Gasteiger partial charge is 0.368 e. The van der Waals surface area contributed by atoms with Gasteiger partial charge in [-0.2, -0.15) is 0 Å². The molecule has 2 heterocycles. The molecule has 0 spiro atoms. The van der Waals surface area contributed by atoms with Gasteiger partial charge in [-0.3, -0.25) is 14.5 Å². The maximum absolute atomic E-state index is 13.1. The molecular weight excluding hydrogens is 451 g/mol. The van der Waals surface area contributed by atoms with Crippen LogP contribution in [-0.2, 0) is 15.1 Å². The molecular formula is C23H24Cl2N4O3. The Kier molecular flexibility index (Phi) is 6.05. The molecule has 1 atom stereocenters. The molecule has 9 heteroatoms. The van der Waals surface area contributed by atoms with E-state index in [1.165, 1.54) is 5.56 Å². The molecule has 0 saturated carbocycles. The van der Waals surface area contributed by atoms with Crippen molar-refractivity contribution >= 4 is 46.7 Å². The monoisotopic (exact) mass is 474 g/mol. The molecule has 2 saturated heterocycles. The van der Waals surface area contributed by atoms with Crippen molar-refractivity contribution in [2.45, 2.75) is 19.4 Å². The molecule has 0 bridgehead atoms. The Balaban J connectivity index is 1.41. The number of carbonyl (C=O) groups is 3. The molecule has 0 radical (unpaired) electrons. The highest BCUT2D eigenvalue weighted by molar-refractivity contribution is 6.42. The number of aryl methyl sites for hydroxylation is 1. The van der Waals surface area contributed by atoms with E-state index in [0.29, 0.717) is 36.8 Å². The lowest BCUT2D eigenvalue weighted by atomic mass is 9.92. The van der Waals surface area contributed by atoms with Gasteiger partial charge in [0.2, 0.25) is 5.91 Å². The molecule has 32 heavy (non-hydrogen) atoms. The molecule has 7 nitrogen and oxygen atoms in total. The van der Waals surface area contributed by atoms with Gasteiger partial charge in [0.1, 0.15) is 12.1 Å². The van der Waals surface area contributed by atoms with Crippen LogP contribution < -0.4 is 10.2 Å². The maximum Gasteiger partial charge on any atom is 0.325 e. The second kappa shape index (κ2) is 8.64. The quantitative estimate of drug-likeness (QED) is 0.688. The van der Waals surface area contributed by atoms with E-state index in [9.17, 15) is 14.4 Å². The number of anilines is 1. The number of carbonyl (C=O) groups excluding carboxylic acids is 3. The molecule has 2 aliphatic heterocycles. The summed E-state index contributed by atoms with van der Waals surface area (Å²) in [5, 5.41) is 3.33. The molecule has 0 aliphatic carbocycles. The van der Waals surface area contributed by atoms with E-state index in [0.717, 1.165) is 10.6 Å². The smallest absolute Gasteiger partial charge is 0.325 e. The van der Waals surface area contributed by atoms with Crippen LogP contribution in [0.1, 0.15) is 18.1 Å². The molecule has 2 aromatic rings. The van der Waals surface area contributed by atoms with Gasteiger partial charge in [0.25, 0.3) is 5.91 Å². The zero-order valence-corrected chi connectivity index (χ0v) is 19.4. The predicted octanol–water partition coefficient (Wildman–Crippen LogP) is 3.42. The van der Waals surface area contributed by atoms with Gasteiger partial charge >= 0.3 is 6.03 Å². The Bertz CT molecular complexity index is 1080. The minimum Gasteiger partial charge on any atom is -0.368 e. The van der Waals surface area contributed by atoms with Crippen molar-refractivity contribution in [2.24, 2.45) is 0 Å². The number of rotatable bonds is 4. The Labute approximate surface area is 196 Å². The molecule has 2 aromatic carbocycles. The normalized spacial score (nSPS) is 21.2. The van der Waals surface area contributed by atoms with Crippen LogP contribution in [0.2, 0.25) is 10.0 Å². The van der Waals surface area contributed by atoms with Crippen LogP contribution in [0.5, 0.6) is 0 Å². The van der Waals surface area contributed by atoms with Crippen LogP contribution in [-0.4, -0.2) is 60.4 Å². The van der Waals surface area contributed by atoms with Gasteiger partial charge in [-0.1, -0.05) is 41.4 Å². The lowest BCUT2D eigenvalue weighted by Crippen LogP contribution is -2.52. The Morgan fingerprint density at radius 3 is 2.41 bits per heavy atom. The third-order valence-electron chi connectivity index (χ3n) is 6.06. The standard InChI is InChI=1S/C23H24Cl2N4O3/c1-15-4-3-5-17(12-15)27-8-10-28(11-9-27)20(30)14-29-21(31)23(2,26-22(29)32)16-6-7-18(24)19(25)13-16/h3-7,12-13H,8-11,14H2,1-2H3,(H,26,32). The first kappa shape index (κ1) is 22.4. The number of benzene rings is 2. The fraction of sp³-hybridized carbons (Fsp3) is 0.348. The van der Waals surface area contributed by atoms with E-state index in [2.05, 4.69) is 22.3 Å². The van der Waals surface area contributed by atoms with Gasteiger partial charge in [0, 0.05) is 31.9 Å². The Morgan fingerprint density at radius 1 is 1.03 bits per heavy atom. The summed E-state index contributed by atoms with van der Waals surface area (Å²) < 4.78 is 0. The van der Waals surface area contributed by atoms with Crippen molar-refractivity contribution in [3.63, 3.8) is 0 Å². The van der Waals surface area contributed by atoms with Crippen LogP contribution >= 0.6 is 23.2 Å². The van der Waals surface area contributed by atoms with E-state index in [-0.39, 0.29) is 17.5 Å². The number of halogens is 2. The zero-order chi connectivity index (χ0) is 23.0. The van der Waals surface area contributed by atoms with Gasteiger partial charge < -0.3 is 15.1 Å². The number of nitrogens with one attached hydrogen (secondary N) is 1. The lowest BCUT2D eigenvalue weighted by Gasteiger charge is -2.36. The van der Waals surface area contributed by atoms with Crippen molar-refractivity contribution in [3.05, 3.63) is 63.6 Å². The van der Waals surface area contributed by atoms with Gasteiger partial charge in [-0.15, -0.1) is 0 Å². The zero-order valence-electron chi connectivity index (χ0n) is 17.9. The molecule has 0 aromatic heterocycles. The number of imide groups is 1. The van der Waals surface area contributed by atoms with Crippen LogP contribution in [0.3, 0.4) is 0 Å². The Morgan fingerprint density at radius 2 is 1.75 bits per heavy atom.